The van der Waals surface area contributed by atoms with Gasteiger partial charge in [-0.1, -0.05) is 6.07 Å². The van der Waals surface area contributed by atoms with Gasteiger partial charge in [-0.15, -0.1) is 0 Å². The lowest BCUT2D eigenvalue weighted by Gasteiger charge is -2.07. The number of nitrogen functional groups attached to an aromatic ring is 1. The first-order valence-electron chi connectivity index (χ1n) is 5.11. The number of carbonyl (C=O) groups is 1. The van der Waals surface area contributed by atoms with Crippen LogP contribution in [0.5, 0.6) is 0 Å². The zero-order valence-corrected chi connectivity index (χ0v) is 10.4. The number of benzene rings is 1. The second-order valence-corrected chi connectivity index (χ2v) is 5.35. The number of anilines is 2. The van der Waals surface area contributed by atoms with Crippen LogP contribution in [-0.4, -0.2) is 24.5 Å². The minimum absolute atomic E-state index is 0.0708. The molecule has 0 atom stereocenters. The number of rotatable bonds is 4. The molecule has 1 heterocycles. The fourth-order valence-corrected chi connectivity index (χ4v) is 2.52. The second kappa shape index (κ2) is 4.61. The van der Waals surface area contributed by atoms with Crippen LogP contribution in [-0.2, 0) is 10.0 Å². The van der Waals surface area contributed by atoms with E-state index in [1.165, 1.54) is 24.3 Å². The van der Waals surface area contributed by atoms with Gasteiger partial charge in [-0.3, -0.25) is 14.6 Å². The van der Waals surface area contributed by atoms with Crippen molar-refractivity contribution in [3.63, 3.8) is 0 Å². The Labute approximate surface area is 108 Å². The number of hydrogen-bond acceptors (Lipinski definition) is 5. The molecule has 0 radical (unpaired) electrons. The molecule has 2 aromatic rings. The van der Waals surface area contributed by atoms with Crippen LogP contribution >= 0.6 is 0 Å². The molecule has 100 valence electrons. The van der Waals surface area contributed by atoms with Crippen molar-refractivity contribution < 1.29 is 13.2 Å². The molecule has 2 rings (SSSR count). The van der Waals surface area contributed by atoms with E-state index in [-0.39, 0.29) is 22.0 Å². The van der Waals surface area contributed by atoms with E-state index in [2.05, 4.69) is 14.9 Å². The fraction of sp³-hybridized carbons (Fsp3) is 0. The molecule has 6 N–H and O–H groups in total. The average molecular weight is 281 g/mol. The van der Waals surface area contributed by atoms with Gasteiger partial charge in [0.25, 0.3) is 10.0 Å². The maximum absolute atomic E-state index is 12.0. The van der Waals surface area contributed by atoms with E-state index in [0.717, 1.165) is 6.20 Å². The first kappa shape index (κ1) is 12.9. The van der Waals surface area contributed by atoms with Crippen LogP contribution in [0.25, 0.3) is 0 Å². The van der Waals surface area contributed by atoms with Gasteiger partial charge in [0.15, 0.2) is 0 Å². The summed E-state index contributed by atoms with van der Waals surface area (Å²) in [6.45, 7) is 0. The summed E-state index contributed by atoms with van der Waals surface area (Å²) in [6.07, 6.45) is 1.09. The lowest BCUT2D eigenvalue weighted by atomic mass is 10.2. The number of H-pyrrole nitrogens is 1. The summed E-state index contributed by atoms with van der Waals surface area (Å²) in [4.78, 5) is 10.8. The monoisotopic (exact) mass is 281 g/mol. The molecule has 0 saturated heterocycles. The molecule has 8 nitrogen and oxygen atoms in total. The molecule has 0 aliphatic rings. The topological polar surface area (TPSA) is 144 Å². The van der Waals surface area contributed by atoms with Crippen molar-refractivity contribution in [2.24, 2.45) is 5.73 Å². The third-order valence-electron chi connectivity index (χ3n) is 2.32. The number of nitrogens with two attached hydrogens (primary N) is 2. The lowest BCUT2D eigenvalue weighted by molar-refractivity contribution is 0.100. The van der Waals surface area contributed by atoms with Gasteiger partial charge in [0, 0.05) is 11.3 Å². The highest BCUT2D eigenvalue weighted by molar-refractivity contribution is 7.92. The molecule has 0 spiro atoms. The van der Waals surface area contributed by atoms with Crippen LogP contribution in [0.15, 0.2) is 35.4 Å². The number of nitrogens with zero attached hydrogens (tertiary/aromatic N) is 1. The molecule has 1 aromatic carbocycles. The van der Waals surface area contributed by atoms with Crippen LogP contribution < -0.4 is 16.2 Å². The highest BCUT2D eigenvalue weighted by Crippen LogP contribution is 2.19. The number of hydrogen-bond donors (Lipinski definition) is 4. The van der Waals surface area contributed by atoms with Gasteiger partial charge in [0.2, 0.25) is 5.91 Å². The highest BCUT2D eigenvalue weighted by atomic mass is 32.2. The zero-order valence-electron chi connectivity index (χ0n) is 9.62. The van der Waals surface area contributed by atoms with Crippen molar-refractivity contribution in [2.45, 2.75) is 4.90 Å². The first-order chi connectivity index (χ1) is 8.90. The summed E-state index contributed by atoms with van der Waals surface area (Å²) in [5.74, 6) is -0.720. The minimum Gasteiger partial charge on any atom is -0.383 e. The molecule has 0 aliphatic heterocycles. The van der Waals surface area contributed by atoms with Crippen LogP contribution in [0, 0.1) is 0 Å². The van der Waals surface area contributed by atoms with Crippen molar-refractivity contribution >= 4 is 27.4 Å². The molecule has 0 fully saturated rings. The maximum Gasteiger partial charge on any atom is 0.267 e. The minimum atomic E-state index is -3.86. The summed E-state index contributed by atoms with van der Waals surface area (Å²) in [6, 6.07) is 5.80. The molecule has 0 aliphatic carbocycles. The van der Waals surface area contributed by atoms with E-state index >= 15 is 0 Å². The third-order valence-corrected chi connectivity index (χ3v) is 3.73. The van der Waals surface area contributed by atoms with Crippen LogP contribution in [0.2, 0.25) is 0 Å². The van der Waals surface area contributed by atoms with Gasteiger partial charge in [-0.2, -0.15) is 5.10 Å². The SMILES string of the molecule is NC(=O)c1cccc(NS(=O)(=O)c2cn[nH]c2N)c1. The van der Waals surface area contributed by atoms with Gasteiger partial charge in [-0.25, -0.2) is 8.42 Å². The Morgan fingerprint density at radius 3 is 2.68 bits per heavy atom. The van der Waals surface area contributed by atoms with Crippen molar-refractivity contribution in [3.05, 3.63) is 36.0 Å². The average Bonchev–Trinajstić information content (AvgIpc) is 2.76. The number of aromatic amines is 1. The van der Waals surface area contributed by atoms with Gasteiger partial charge < -0.3 is 11.5 Å². The molecular formula is C10H11N5O3S. The Hall–Kier alpha value is -2.55. The summed E-state index contributed by atoms with van der Waals surface area (Å²) in [7, 11) is -3.86. The smallest absolute Gasteiger partial charge is 0.267 e. The Morgan fingerprint density at radius 2 is 2.11 bits per heavy atom. The van der Waals surface area contributed by atoms with E-state index in [0.29, 0.717) is 0 Å². The molecule has 0 saturated carbocycles. The zero-order chi connectivity index (χ0) is 14.0. The Bertz CT molecular complexity index is 722. The highest BCUT2D eigenvalue weighted by Gasteiger charge is 2.19. The Balaban J connectivity index is 2.34. The van der Waals surface area contributed by atoms with Crippen LogP contribution in [0.4, 0.5) is 11.5 Å². The second-order valence-electron chi connectivity index (χ2n) is 3.70. The van der Waals surface area contributed by atoms with Crippen LogP contribution in [0.1, 0.15) is 10.4 Å². The van der Waals surface area contributed by atoms with Crippen molar-refractivity contribution in [3.8, 4) is 0 Å². The number of amides is 1. The number of carbonyl (C=O) groups excluding carboxylic acids is 1. The van der Waals surface area contributed by atoms with Gasteiger partial charge in [0.05, 0.1) is 6.20 Å². The predicted molar refractivity (Wildman–Crippen MR) is 68.8 cm³/mol. The molecule has 0 bridgehead atoms. The molecule has 19 heavy (non-hydrogen) atoms. The molecule has 1 aromatic heterocycles. The number of primary amides is 1. The fourth-order valence-electron chi connectivity index (χ4n) is 1.45. The first-order valence-corrected chi connectivity index (χ1v) is 6.60. The number of sulfonamides is 1. The lowest BCUT2D eigenvalue weighted by Crippen LogP contribution is -2.15. The van der Waals surface area contributed by atoms with E-state index < -0.39 is 15.9 Å². The summed E-state index contributed by atoms with van der Waals surface area (Å²) >= 11 is 0. The van der Waals surface area contributed by atoms with E-state index in [1.54, 1.807) is 0 Å². The van der Waals surface area contributed by atoms with E-state index in [4.69, 9.17) is 11.5 Å². The Kier molecular flexibility index (Phi) is 3.13. The quantitative estimate of drug-likeness (QED) is 0.618. The van der Waals surface area contributed by atoms with E-state index in [9.17, 15) is 13.2 Å². The summed E-state index contributed by atoms with van der Waals surface area (Å²) in [5, 5.41) is 5.86. The molecule has 0 unspecified atom stereocenters. The summed E-state index contributed by atoms with van der Waals surface area (Å²) < 4.78 is 26.3. The largest absolute Gasteiger partial charge is 0.383 e. The van der Waals surface area contributed by atoms with Gasteiger partial charge >= 0.3 is 0 Å². The van der Waals surface area contributed by atoms with E-state index in [1.807, 2.05) is 0 Å². The molecule has 1 amide bonds. The molecular weight excluding hydrogens is 270 g/mol. The van der Waals surface area contributed by atoms with Gasteiger partial charge in [-0.05, 0) is 18.2 Å². The van der Waals surface area contributed by atoms with Crippen molar-refractivity contribution in [1.29, 1.82) is 0 Å². The Morgan fingerprint density at radius 1 is 1.37 bits per heavy atom. The maximum atomic E-state index is 12.0. The van der Waals surface area contributed by atoms with Crippen molar-refractivity contribution in [2.75, 3.05) is 10.5 Å². The summed E-state index contributed by atoms with van der Waals surface area (Å²) in [5.41, 5.74) is 11.0. The normalized spacial score (nSPS) is 11.2. The van der Waals surface area contributed by atoms with Crippen molar-refractivity contribution in [1.82, 2.24) is 10.2 Å². The predicted octanol–water partition coefficient (Wildman–Crippen LogP) is -0.108. The van der Waals surface area contributed by atoms with Crippen LogP contribution in [0.3, 0.4) is 0 Å². The number of aromatic nitrogens is 2. The number of nitrogens with one attached hydrogen (secondary N) is 2. The molecule has 9 heteroatoms. The third kappa shape index (κ3) is 2.65. The van der Waals surface area contributed by atoms with Gasteiger partial charge in [0.1, 0.15) is 10.7 Å². The standard InChI is InChI=1S/C10H11N5O3S/c11-9-8(5-13-14-9)19(17,18)15-7-3-1-2-6(4-7)10(12)16/h1-5,15H,(H2,12,16)(H3,11,13,14).